The van der Waals surface area contributed by atoms with Gasteiger partial charge in [0, 0.05) is 22.7 Å². The fraction of sp³-hybridized carbons (Fsp3) is 0.167. The molecule has 2 N–H and O–H groups in total. The zero-order chi connectivity index (χ0) is 22.7. The van der Waals surface area contributed by atoms with Crippen molar-refractivity contribution in [2.75, 3.05) is 5.32 Å². The maximum Gasteiger partial charge on any atom is 0.275 e. The summed E-state index contributed by atoms with van der Waals surface area (Å²) in [6, 6.07) is 16.7. The second-order valence-corrected chi connectivity index (χ2v) is 9.11. The topological polar surface area (TPSA) is 88.9 Å². The molecule has 2 heterocycles. The Kier molecular flexibility index (Phi) is 5.87. The molecule has 7 nitrogen and oxygen atoms in total. The Morgan fingerprint density at radius 3 is 2.44 bits per heavy atom. The number of carbonyl (C=O) groups is 2. The highest BCUT2D eigenvalue weighted by Gasteiger charge is 2.20. The van der Waals surface area contributed by atoms with Crippen LogP contribution in [-0.4, -0.2) is 32.1 Å². The van der Waals surface area contributed by atoms with Crippen molar-refractivity contribution in [2.24, 2.45) is 0 Å². The van der Waals surface area contributed by atoms with Crippen LogP contribution in [0.2, 0.25) is 0 Å². The molecule has 0 unspecified atom stereocenters. The number of benzene rings is 2. The van der Waals surface area contributed by atoms with Crippen LogP contribution in [0.3, 0.4) is 0 Å². The van der Waals surface area contributed by atoms with Gasteiger partial charge in [-0.15, -0.1) is 11.3 Å². The predicted octanol–water partition coefficient (Wildman–Crippen LogP) is 4.78. The zero-order valence-electron chi connectivity index (χ0n) is 18.0. The number of anilines is 1. The first kappa shape index (κ1) is 21.5. The average Bonchev–Trinajstić information content (AvgIpc) is 3.43. The van der Waals surface area contributed by atoms with Gasteiger partial charge in [0.1, 0.15) is 10.7 Å². The molecule has 0 spiro atoms. The standard InChI is InChI=1S/C24H23N5O2S/c1-24(2,3)28-21(30)18-11-7-8-12-19(18)26-22(31)20-15-32-23(27-20)16-13-25-29(14-16)17-9-5-4-6-10-17/h4-15H,1-3H3,(H,26,31)(H,28,30). The largest absolute Gasteiger partial charge is 0.347 e. The molecule has 0 fully saturated rings. The average molecular weight is 446 g/mol. The Morgan fingerprint density at radius 1 is 0.969 bits per heavy atom. The molecule has 0 saturated carbocycles. The van der Waals surface area contributed by atoms with Gasteiger partial charge in [-0.25, -0.2) is 9.67 Å². The molecule has 0 bridgehead atoms. The first-order valence-electron chi connectivity index (χ1n) is 10.1. The smallest absolute Gasteiger partial charge is 0.275 e. The van der Waals surface area contributed by atoms with E-state index in [0.29, 0.717) is 16.3 Å². The maximum absolute atomic E-state index is 12.8. The molecule has 2 amide bonds. The molecule has 0 aliphatic rings. The number of thiazole rings is 1. The molecule has 2 aromatic heterocycles. The Morgan fingerprint density at radius 2 is 1.69 bits per heavy atom. The Hall–Kier alpha value is -3.78. The van der Waals surface area contributed by atoms with Crippen LogP contribution >= 0.6 is 11.3 Å². The van der Waals surface area contributed by atoms with Crippen LogP contribution in [0.4, 0.5) is 5.69 Å². The highest BCUT2D eigenvalue weighted by molar-refractivity contribution is 7.13. The predicted molar refractivity (Wildman–Crippen MR) is 126 cm³/mol. The molecule has 2 aromatic carbocycles. The Balaban J connectivity index is 1.51. The van der Waals surface area contributed by atoms with Crippen LogP contribution in [0.1, 0.15) is 41.6 Å². The molecule has 8 heteroatoms. The summed E-state index contributed by atoms with van der Waals surface area (Å²) in [6.07, 6.45) is 3.60. The van der Waals surface area contributed by atoms with Crippen molar-refractivity contribution in [3.63, 3.8) is 0 Å². The van der Waals surface area contributed by atoms with Gasteiger partial charge >= 0.3 is 0 Å². The van der Waals surface area contributed by atoms with Crippen LogP contribution in [0.5, 0.6) is 0 Å². The third-order valence-corrected chi connectivity index (χ3v) is 5.39. The molecule has 162 valence electrons. The van der Waals surface area contributed by atoms with Crippen molar-refractivity contribution in [1.82, 2.24) is 20.1 Å². The van der Waals surface area contributed by atoms with E-state index in [2.05, 4.69) is 20.7 Å². The van der Waals surface area contributed by atoms with Crippen LogP contribution in [0, 0.1) is 0 Å². The number of nitrogens with one attached hydrogen (secondary N) is 2. The van der Waals surface area contributed by atoms with E-state index in [1.807, 2.05) is 57.3 Å². The number of para-hydroxylation sites is 2. The van der Waals surface area contributed by atoms with E-state index in [9.17, 15) is 9.59 Å². The summed E-state index contributed by atoms with van der Waals surface area (Å²) >= 11 is 1.36. The van der Waals surface area contributed by atoms with Crippen molar-refractivity contribution in [1.29, 1.82) is 0 Å². The van der Waals surface area contributed by atoms with E-state index >= 15 is 0 Å². The van der Waals surface area contributed by atoms with Gasteiger partial charge in [-0.2, -0.15) is 5.10 Å². The molecular weight excluding hydrogens is 422 g/mol. The maximum atomic E-state index is 12.8. The molecule has 0 saturated heterocycles. The van der Waals surface area contributed by atoms with Gasteiger partial charge < -0.3 is 10.6 Å². The van der Waals surface area contributed by atoms with Crippen LogP contribution in [-0.2, 0) is 0 Å². The van der Waals surface area contributed by atoms with Crippen molar-refractivity contribution in [2.45, 2.75) is 26.3 Å². The van der Waals surface area contributed by atoms with E-state index in [0.717, 1.165) is 11.3 Å². The van der Waals surface area contributed by atoms with Gasteiger partial charge in [0.05, 0.1) is 23.1 Å². The first-order valence-corrected chi connectivity index (χ1v) is 11.0. The number of rotatable bonds is 5. The van der Waals surface area contributed by atoms with E-state index in [-0.39, 0.29) is 23.0 Å². The number of aromatic nitrogens is 3. The van der Waals surface area contributed by atoms with Crippen molar-refractivity contribution >= 4 is 28.8 Å². The lowest BCUT2D eigenvalue weighted by Gasteiger charge is -2.21. The highest BCUT2D eigenvalue weighted by atomic mass is 32.1. The lowest BCUT2D eigenvalue weighted by Crippen LogP contribution is -2.40. The van der Waals surface area contributed by atoms with Crippen molar-refractivity contribution in [3.05, 3.63) is 83.6 Å². The van der Waals surface area contributed by atoms with E-state index in [1.165, 1.54) is 11.3 Å². The number of amides is 2. The fourth-order valence-electron chi connectivity index (χ4n) is 3.05. The molecule has 0 aliphatic heterocycles. The summed E-state index contributed by atoms with van der Waals surface area (Å²) < 4.78 is 1.76. The van der Waals surface area contributed by atoms with E-state index in [4.69, 9.17) is 0 Å². The summed E-state index contributed by atoms with van der Waals surface area (Å²) in [5.74, 6) is -0.625. The van der Waals surface area contributed by atoms with Gasteiger partial charge in [0.25, 0.3) is 11.8 Å². The van der Waals surface area contributed by atoms with Crippen LogP contribution in [0.15, 0.2) is 72.4 Å². The van der Waals surface area contributed by atoms with Gasteiger partial charge in [0.2, 0.25) is 0 Å². The quantitative estimate of drug-likeness (QED) is 0.463. The number of nitrogens with zero attached hydrogens (tertiary/aromatic N) is 3. The number of hydrogen-bond donors (Lipinski definition) is 2. The lowest BCUT2D eigenvalue weighted by atomic mass is 10.1. The normalized spacial score (nSPS) is 11.2. The molecule has 4 aromatic rings. The molecular formula is C24H23N5O2S. The fourth-order valence-corrected chi connectivity index (χ4v) is 3.83. The monoisotopic (exact) mass is 445 g/mol. The van der Waals surface area contributed by atoms with Crippen LogP contribution in [0.25, 0.3) is 16.3 Å². The lowest BCUT2D eigenvalue weighted by molar-refractivity contribution is 0.0920. The zero-order valence-corrected chi connectivity index (χ0v) is 18.8. The van der Waals surface area contributed by atoms with E-state index in [1.54, 1.807) is 40.5 Å². The highest BCUT2D eigenvalue weighted by Crippen LogP contribution is 2.25. The first-order chi connectivity index (χ1) is 15.3. The molecule has 0 radical (unpaired) electrons. The Labute approximate surface area is 190 Å². The second-order valence-electron chi connectivity index (χ2n) is 8.25. The SMILES string of the molecule is CC(C)(C)NC(=O)c1ccccc1NC(=O)c1csc(-c2cnn(-c3ccccc3)c2)n1. The number of carbonyl (C=O) groups excluding carboxylic acids is 2. The summed E-state index contributed by atoms with van der Waals surface area (Å²) in [4.78, 5) is 29.9. The minimum absolute atomic E-state index is 0.249. The van der Waals surface area contributed by atoms with Gasteiger partial charge in [-0.1, -0.05) is 30.3 Å². The third-order valence-electron chi connectivity index (χ3n) is 4.50. The molecule has 4 rings (SSSR count). The summed E-state index contributed by atoms with van der Waals surface area (Å²) in [5.41, 5.74) is 2.49. The summed E-state index contributed by atoms with van der Waals surface area (Å²) in [7, 11) is 0. The minimum Gasteiger partial charge on any atom is -0.347 e. The minimum atomic E-state index is -0.387. The van der Waals surface area contributed by atoms with Crippen molar-refractivity contribution in [3.8, 4) is 16.3 Å². The van der Waals surface area contributed by atoms with Crippen molar-refractivity contribution < 1.29 is 9.59 Å². The number of hydrogen-bond acceptors (Lipinski definition) is 5. The molecule has 32 heavy (non-hydrogen) atoms. The van der Waals surface area contributed by atoms with Gasteiger partial charge in [-0.3, -0.25) is 9.59 Å². The van der Waals surface area contributed by atoms with Crippen LogP contribution < -0.4 is 10.6 Å². The molecule has 0 atom stereocenters. The van der Waals surface area contributed by atoms with Gasteiger partial charge in [0.15, 0.2) is 0 Å². The molecule has 0 aliphatic carbocycles. The van der Waals surface area contributed by atoms with Gasteiger partial charge in [-0.05, 0) is 45.0 Å². The van der Waals surface area contributed by atoms with E-state index < -0.39 is 0 Å². The third kappa shape index (κ3) is 4.92. The summed E-state index contributed by atoms with van der Waals surface area (Å²) in [5, 5.41) is 12.5. The Bertz CT molecular complexity index is 1250. The summed E-state index contributed by atoms with van der Waals surface area (Å²) in [6.45, 7) is 5.72. The second kappa shape index (κ2) is 8.76.